The topological polar surface area (TPSA) is 82.4 Å². The number of carbonyl (C=O) groups excluding carboxylic acids is 1. The van der Waals surface area contributed by atoms with Crippen LogP contribution in [-0.2, 0) is 4.79 Å². The summed E-state index contributed by atoms with van der Waals surface area (Å²) in [6.45, 7) is 8.56. The molecule has 8 nitrogen and oxygen atoms in total. The van der Waals surface area contributed by atoms with Gasteiger partial charge in [-0.15, -0.1) is 0 Å². The zero-order valence-electron chi connectivity index (χ0n) is 18.5. The van der Waals surface area contributed by atoms with Gasteiger partial charge in [0, 0.05) is 42.0 Å². The number of likely N-dealkylation sites (tertiary alicyclic amines) is 1. The zero-order chi connectivity index (χ0) is 21.4. The monoisotopic (exact) mass is 409 g/mol. The van der Waals surface area contributed by atoms with Crippen molar-refractivity contribution in [3.05, 3.63) is 35.4 Å². The van der Waals surface area contributed by atoms with Crippen LogP contribution in [0.3, 0.4) is 0 Å². The average Bonchev–Trinajstić information content (AvgIpc) is 3.34. The molecule has 8 heteroatoms. The summed E-state index contributed by atoms with van der Waals surface area (Å²) in [5.41, 5.74) is 6.48. The van der Waals surface area contributed by atoms with E-state index < -0.39 is 0 Å². The molecule has 0 spiro atoms. The van der Waals surface area contributed by atoms with E-state index in [9.17, 15) is 4.79 Å². The molecule has 0 radical (unpaired) electrons. The van der Waals surface area contributed by atoms with E-state index >= 15 is 0 Å². The number of H-pyrrole nitrogens is 1. The lowest BCUT2D eigenvalue weighted by molar-refractivity contribution is -0.132. The Morgan fingerprint density at radius 3 is 2.70 bits per heavy atom. The van der Waals surface area contributed by atoms with Crippen molar-refractivity contribution in [1.29, 1.82) is 0 Å². The van der Waals surface area contributed by atoms with E-state index in [0.29, 0.717) is 18.4 Å². The normalized spacial score (nSPS) is 15.6. The van der Waals surface area contributed by atoms with Crippen LogP contribution in [0.5, 0.6) is 0 Å². The summed E-state index contributed by atoms with van der Waals surface area (Å²) in [4.78, 5) is 20.6. The van der Waals surface area contributed by atoms with Gasteiger partial charge in [-0.25, -0.2) is 9.50 Å². The van der Waals surface area contributed by atoms with Gasteiger partial charge in [0.05, 0.1) is 12.2 Å². The molecule has 30 heavy (non-hydrogen) atoms. The third-order valence-electron chi connectivity index (χ3n) is 5.95. The largest absolute Gasteiger partial charge is 0.342 e. The molecule has 3 aromatic heterocycles. The van der Waals surface area contributed by atoms with Gasteiger partial charge in [0.25, 0.3) is 0 Å². The number of aryl methyl sites for hydroxylation is 1. The Labute approximate surface area is 177 Å². The number of pyridine rings is 1. The maximum absolute atomic E-state index is 12.4. The number of piperidine rings is 1. The van der Waals surface area contributed by atoms with Gasteiger partial charge in [-0.3, -0.25) is 9.89 Å². The minimum atomic E-state index is 0.212. The first-order chi connectivity index (χ1) is 14.3. The average molecular weight is 410 g/mol. The van der Waals surface area contributed by atoms with Crippen LogP contribution in [0, 0.1) is 6.92 Å². The number of amides is 1. The first kappa shape index (κ1) is 20.5. The van der Waals surface area contributed by atoms with Crippen LogP contribution in [0.1, 0.15) is 55.3 Å². The van der Waals surface area contributed by atoms with E-state index in [1.54, 1.807) is 6.33 Å². The molecular weight excluding hydrogens is 378 g/mol. The number of aromatic nitrogens is 5. The summed E-state index contributed by atoms with van der Waals surface area (Å²) < 4.78 is 1.82. The maximum atomic E-state index is 12.4. The molecule has 4 heterocycles. The van der Waals surface area contributed by atoms with Crippen molar-refractivity contribution >= 4 is 11.6 Å². The molecule has 0 unspecified atom stereocenters. The first-order valence-electron chi connectivity index (χ1n) is 10.7. The standard InChI is InChI=1S/C22H31N7O/c1-14(2)19-20(16-6-8-28(9-7-16)18(30)12-27(4)5)25-26-21(19)17-10-15(3)22-23-13-24-29(22)11-17/h10-11,13-14,16H,6-9,12H2,1-5H3,(H,25,26). The van der Waals surface area contributed by atoms with Crippen LogP contribution in [0.2, 0.25) is 0 Å². The second kappa shape index (κ2) is 8.18. The van der Waals surface area contributed by atoms with Gasteiger partial charge in [-0.1, -0.05) is 13.8 Å². The van der Waals surface area contributed by atoms with Gasteiger partial charge >= 0.3 is 0 Å². The Morgan fingerprint density at radius 2 is 2.03 bits per heavy atom. The number of rotatable bonds is 5. The van der Waals surface area contributed by atoms with Crippen LogP contribution < -0.4 is 0 Å². The Balaban J connectivity index is 1.60. The summed E-state index contributed by atoms with van der Waals surface area (Å²) in [5, 5.41) is 12.4. The van der Waals surface area contributed by atoms with Crippen molar-refractivity contribution in [2.75, 3.05) is 33.7 Å². The van der Waals surface area contributed by atoms with Gasteiger partial charge in [-0.2, -0.15) is 10.2 Å². The van der Waals surface area contributed by atoms with E-state index in [0.717, 1.165) is 48.4 Å². The molecule has 1 amide bonds. The van der Waals surface area contributed by atoms with Crippen LogP contribution >= 0.6 is 0 Å². The summed E-state index contributed by atoms with van der Waals surface area (Å²) in [5.74, 6) is 0.946. The third kappa shape index (κ3) is 3.84. The lowest BCUT2D eigenvalue weighted by Crippen LogP contribution is -2.42. The van der Waals surface area contributed by atoms with Crippen LogP contribution in [0.15, 0.2) is 18.6 Å². The van der Waals surface area contributed by atoms with Crippen LogP contribution in [-0.4, -0.2) is 74.2 Å². The highest BCUT2D eigenvalue weighted by molar-refractivity contribution is 5.78. The second-order valence-corrected chi connectivity index (χ2v) is 8.89. The number of carbonyl (C=O) groups is 1. The van der Waals surface area contributed by atoms with Crippen molar-refractivity contribution in [2.24, 2.45) is 0 Å². The van der Waals surface area contributed by atoms with Gasteiger partial charge in [0.2, 0.25) is 5.91 Å². The van der Waals surface area contributed by atoms with Crippen molar-refractivity contribution in [2.45, 2.75) is 45.4 Å². The quantitative estimate of drug-likeness (QED) is 0.701. The second-order valence-electron chi connectivity index (χ2n) is 8.89. The lowest BCUT2D eigenvalue weighted by Gasteiger charge is -2.33. The summed E-state index contributed by atoms with van der Waals surface area (Å²) in [7, 11) is 3.87. The number of hydrogen-bond acceptors (Lipinski definition) is 5. The summed E-state index contributed by atoms with van der Waals surface area (Å²) >= 11 is 0. The molecule has 0 aliphatic carbocycles. The first-order valence-corrected chi connectivity index (χ1v) is 10.7. The number of fused-ring (bicyclic) bond motifs is 1. The Kier molecular flexibility index (Phi) is 5.60. The number of hydrogen-bond donors (Lipinski definition) is 1. The molecule has 0 atom stereocenters. The smallest absolute Gasteiger partial charge is 0.236 e. The summed E-state index contributed by atoms with van der Waals surface area (Å²) in [6.07, 6.45) is 5.50. The molecule has 0 aromatic carbocycles. The SMILES string of the molecule is Cc1cc(-c2n[nH]c(C3CCN(C(=O)CN(C)C)CC3)c2C(C)C)cn2ncnc12. The van der Waals surface area contributed by atoms with E-state index in [2.05, 4.69) is 42.0 Å². The molecule has 160 valence electrons. The highest BCUT2D eigenvalue weighted by Gasteiger charge is 2.29. The van der Waals surface area contributed by atoms with E-state index in [4.69, 9.17) is 5.10 Å². The van der Waals surface area contributed by atoms with Crippen LogP contribution in [0.25, 0.3) is 16.9 Å². The maximum Gasteiger partial charge on any atom is 0.236 e. The molecule has 1 saturated heterocycles. The van der Waals surface area contributed by atoms with E-state index in [-0.39, 0.29) is 5.91 Å². The van der Waals surface area contributed by atoms with Crippen molar-refractivity contribution < 1.29 is 4.79 Å². The fraction of sp³-hybridized carbons (Fsp3) is 0.545. The Bertz CT molecular complexity index is 1040. The molecule has 0 bridgehead atoms. The molecule has 1 aliphatic rings. The molecule has 1 N–H and O–H groups in total. The number of nitrogens with zero attached hydrogens (tertiary/aromatic N) is 6. The number of aromatic amines is 1. The van der Waals surface area contributed by atoms with Gasteiger partial charge in [0.1, 0.15) is 6.33 Å². The molecule has 4 rings (SSSR count). The lowest BCUT2D eigenvalue weighted by atomic mass is 9.86. The van der Waals surface area contributed by atoms with Crippen molar-refractivity contribution in [1.82, 2.24) is 34.6 Å². The fourth-order valence-electron chi connectivity index (χ4n) is 4.49. The molecular formula is C22H31N7O. The minimum Gasteiger partial charge on any atom is -0.342 e. The van der Waals surface area contributed by atoms with E-state index in [1.165, 1.54) is 11.3 Å². The molecule has 3 aromatic rings. The number of likely N-dealkylation sites (N-methyl/N-ethyl adjacent to an activating group) is 1. The van der Waals surface area contributed by atoms with Gasteiger partial charge < -0.3 is 9.80 Å². The predicted octanol–water partition coefficient (Wildman–Crippen LogP) is 2.82. The minimum absolute atomic E-state index is 0.212. The zero-order valence-corrected chi connectivity index (χ0v) is 18.5. The van der Waals surface area contributed by atoms with Crippen molar-refractivity contribution in [3.8, 4) is 11.3 Å². The molecule has 1 aliphatic heterocycles. The highest BCUT2D eigenvalue weighted by atomic mass is 16.2. The van der Waals surface area contributed by atoms with Crippen LogP contribution in [0.4, 0.5) is 0 Å². The third-order valence-corrected chi connectivity index (χ3v) is 5.95. The van der Waals surface area contributed by atoms with Gasteiger partial charge in [0.15, 0.2) is 5.65 Å². The highest BCUT2D eigenvalue weighted by Crippen LogP contribution is 2.37. The molecule has 1 fully saturated rings. The number of nitrogens with one attached hydrogen (secondary N) is 1. The van der Waals surface area contributed by atoms with Crippen molar-refractivity contribution in [3.63, 3.8) is 0 Å². The fourth-order valence-corrected chi connectivity index (χ4v) is 4.49. The van der Waals surface area contributed by atoms with Gasteiger partial charge in [-0.05, 0) is 51.4 Å². The Morgan fingerprint density at radius 1 is 1.30 bits per heavy atom. The predicted molar refractivity (Wildman–Crippen MR) is 117 cm³/mol. The van der Waals surface area contributed by atoms with E-state index in [1.807, 2.05) is 34.6 Å². The Hall–Kier alpha value is -2.74. The molecule has 0 saturated carbocycles. The summed E-state index contributed by atoms with van der Waals surface area (Å²) in [6, 6.07) is 2.14.